The molecule has 1 aromatic heterocycles. The van der Waals surface area contributed by atoms with Gasteiger partial charge in [0.15, 0.2) is 5.82 Å². The molecule has 0 unspecified atom stereocenters. The molecular formula is C26H32F2N6O4S. The second-order valence-electron chi connectivity index (χ2n) is 10.9. The molecule has 1 aromatic carbocycles. The van der Waals surface area contributed by atoms with Gasteiger partial charge in [0.25, 0.3) is 5.91 Å². The standard InChI is InChI=1S/C26H32F2N6O4S/c27-26(28)5-3-19(4-6-26)34-20(17-29)16-23(31-34)30-24(36)21-2-1-18(32-39(37,38)14-13-35)15-22(21)33-11-9-25(7-8-25)10-12-33/h1-2,15-16,19,32,35H,3-14H2,(H,30,31,36). The number of piperidine rings is 1. The van der Waals surface area contributed by atoms with E-state index in [4.69, 9.17) is 5.11 Å². The van der Waals surface area contributed by atoms with Gasteiger partial charge in [0.2, 0.25) is 15.9 Å². The van der Waals surface area contributed by atoms with E-state index in [2.05, 4.69) is 20.0 Å². The largest absolute Gasteiger partial charge is 0.395 e. The molecule has 10 nitrogen and oxygen atoms in total. The molecule has 2 aliphatic carbocycles. The Morgan fingerprint density at radius 1 is 1.13 bits per heavy atom. The van der Waals surface area contributed by atoms with Crippen LogP contribution in [-0.4, -0.2) is 60.6 Å². The van der Waals surface area contributed by atoms with Gasteiger partial charge in [-0.15, -0.1) is 0 Å². The SMILES string of the molecule is N#Cc1cc(NC(=O)c2ccc(NS(=O)(=O)CCO)cc2N2CCC3(CC2)CC3)nn1C1CCC(F)(F)CC1. The van der Waals surface area contributed by atoms with E-state index in [0.29, 0.717) is 16.7 Å². The lowest BCUT2D eigenvalue weighted by atomic mass is 9.92. The topological polar surface area (TPSA) is 140 Å². The minimum atomic E-state index is -3.75. The van der Waals surface area contributed by atoms with Crippen LogP contribution in [0.5, 0.6) is 0 Å². The molecule has 3 aliphatic rings. The van der Waals surface area contributed by atoms with Gasteiger partial charge in [-0.2, -0.15) is 10.4 Å². The molecule has 3 N–H and O–H groups in total. The first-order chi connectivity index (χ1) is 18.5. The highest BCUT2D eigenvalue weighted by molar-refractivity contribution is 7.92. The average molecular weight is 563 g/mol. The van der Waals surface area contributed by atoms with Crippen LogP contribution in [0.3, 0.4) is 0 Å². The van der Waals surface area contributed by atoms with Gasteiger partial charge in [0.05, 0.1) is 35.3 Å². The highest BCUT2D eigenvalue weighted by Gasteiger charge is 2.44. The number of anilines is 3. The molecule has 0 atom stereocenters. The van der Waals surface area contributed by atoms with Gasteiger partial charge < -0.3 is 15.3 Å². The highest BCUT2D eigenvalue weighted by atomic mass is 32.2. The second-order valence-corrected chi connectivity index (χ2v) is 12.7. The minimum absolute atomic E-state index is 0.142. The number of halogens is 2. The lowest BCUT2D eigenvalue weighted by Gasteiger charge is -2.35. The number of alkyl halides is 2. The molecule has 210 valence electrons. The summed E-state index contributed by atoms with van der Waals surface area (Å²) in [6.45, 7) is 0.941. The molecule has 13 heteroatoms. The zero-order valence-corrected chi connectivity index (χ0v) is 22.3. The Morgan fingerprint density at radius 2 is 1.82 bits per heavy atom. The van der Waals surface area contributed by atoms with E-state index in [-0.39, 0.29) is 48.9 Å². The van der Waals surface area contributed by atoms with Gasteiger partial charge in [-0.3, -0.25) is 9.52 Å². The Bertz CT molecular complexity index is 1380. The van der Waals surface area contributed by atoms with Gasteiger partial charge in [-0.1, -0.05) is 0 Å². The van der Waals surface area contributed by atoms with Crippen molar-refractivity contribution in [2.45, 2.75) is 63.3 Å². The number of aliphatic hydroxyl groups excluding tert-OH is 1. The van der Waals surface area contributed by atoms with Crippen molar-refractivity contribution in [3.8, 4) is 6.07 Å². The fourth-order valence-corrected chi connectivity index (χ4v) is 6.40. The monoisotopic (exact) mass is 562 g/mol. The number of nitrogens with one attached hydrogen (secondary N) is 2. The van der Waals surface area contributed by atoms with Crippen LogP contribution in [0.15, 0.2) is 24.3 Å². The third kappa shape index (κ3) is 6.17. The lowest BCUT2D eigenvalue weighted by Crippen LogP contribution is -2.35. The van der Waals surface area contributed by atoms with Crippen LogP contribution in [0, 0.1) is 16.7 Å². The van der Waals surface area contributed by atoms with Crippen molar-refractivity contribution in [1.29, 1.82) is 5.26 Å². The van der Waals surface area contributed by atoms with E-state index < -0.39 is 34.2 Å². The number of nitriles is 1. The van der Waals surface area contributed by atoms with Crippen molar-refractivity contribution in [2.24, 2.45) is 5.41 Å². The van der Waals surface area contributed by atoms with Gasteiger partial charge in [-0.25, -0.2) is 21.9 Å². The number of hydrogen-bond acceptors (Lipinski definition) is 7. The maximum absolute atomic E-state index is 13.6. The smallest absolute Gasteiger partial charge is 0.258 e. The van der Waals surface area contributed by atoms with Gasteiger partial charge >= 0.3 is 0 Å². The fraction of sp³-hybridized carbons (Fsp3) is 0.577. The van der Waals surface area contributed by atoms with Crippen molar-refractivity contribution in [2.75, 3.05) is 40.4 Å². The van der Waals surface area contributed by atoms with E-state index in [9.17, 15) is 27.3 Å². The molecule has 2 heterocycles. The molecule has 39 heavy (non-hydrogen) atoms. The summed E-state index contributed by atoms with van der Waals surface area (Å²) >= 11 is 0. The van der Waals surface area contributed by atoms with E-state index in [1.807, 2.05) is 6.07 Å². The summed E-state index contributed by atoms with van der Waals surface area (Å²) in [4.78, 5) is 15.5. The average Bonchev–Trinajstić information content (AvgIpc) is 3.51. The van der Waals surface area contributed by atoms with Crippen LogP contribution in [0.4, 0.5) is 26.0 Å². The van der Waals surface area contributed by atoms with Crippen molar-refractivity contribution in [1.82, 2.24) is 9.78 Å². The summed E-state index contributed by atoms with van der Waals surface area (Å²) in [6, 6.07) is 7.76. The lowest BCUT2D eigenvalue weighted by molar-refractivity contribution is -0.0450. The maximum Gasteiger partial charge on any atom is 0.258 e. The summed E-state index contributed by atoms with van der Waals surface area (Å²) in [6.07, 6.45) is 4.21. The molecule has 1 amide bonds. The molecule has 0 radical (unpaired) electrons. The van der Waals surface area contributed by atoms with Crippen LogP contribution >= 0.6 is 0 Å². The number of sulfonamides is 1. The number of amides is 1. The second kappa shape index (κ2) is 10.4. The predicted octanol–water partition coefficient (Wildman–Crippen LogP) is 3.87. The van der Waals surface area contributed by atoms with Crippen LogP contribution in [0.2, 0.25) is 0 Å². The molecule has 1 saturated heterocycles. The van der Waals surface area contributed by atoms with Crippen LogP contribution < -0.4 is 14.9 Å². The first kappa shape index (κ1) is 27.3. The Morgan fingerprint density at radius 3 is 2.44 bits per heavy atom. The number of carbonyl (C=O) groups excluding carboxylic acids is 1. The van der Waals surface area contributed by atoms with Crippen molar-refractivity contribution >= 4 is 33.1 Å². The molecular weight excluding hydrogens is 530 g/mol. The molecule has 1 aliphatic heterocycles. The maximum atomic E-state index is 13.6. The number of aliphatic hydroxyl groups is 1. The summed E-state index contributed by atoms with van der Waals surface area (Å²) in [7, 11) is -3.75. The van der Waals surface area contributed by atoms with E-state index >= 15 is 0 Å². The first-order valence-corrected chi connectivity index (χ1v) is 14.9. The minimum Gasteiger partial charge on any atom is -0.395 e. The fourth-order valence-electron chi connectivity index (χ4n) is 5.57. The third-order valence-corrected chi connectivity index (χ3v) is 9.39. The summed E-state index contributed by atoms with van der Waals surface area (Å²) < 4.78 is 55.6. The number of carbonyl (C=O) groups is 1. The number of hydrogen-bond donors (Lipinski definition) is 3. The summed E-state index contributed by atoms with van der Waals surface area (Å²) in [5, 5.41) is 25.7. The molecule has 0 bridgehead atoms. The summed E-state index contributed by atoms with van der Waals surface area (Å²) in [5.74, 6) is -3.50. The van der Waals surface area contributed by atoms with Crippen LogP contribution in [0.1, 0.15) is 73.5 Å². The highest BCUT2D eigenvalue weighted by Crippen LogP contribution is 2.54. The van der Waals surface area contributed by atoms with Gasteiger partial charge in [0, 0.05) is 32.0 Å². The Balaban J connectivity index is 1.38. The zero-order chi connectivity index (χ0) is 27.8. The van der Waals surface area contributed by atoms with Gasteiger partial charge in [-0.05, 0) is 62.1 Å². The predicted molar refractivity (Wildman–Crippen MR) is 141 cm³/mol. The molecule has 1 spiro atoms. The van der Waals surface area contributed by atoms with E-state index in [1.165, 1.54) is 35.7 Å². The van der Waals surface area contributed by atoms with Crippen molar-refractivity contribution < 1.29 is 27.1 Å². The van der Waals surface area contributed by atoms with Gasteiger partial charge in [0.1, 0.15) is 11.8 Å². The van der Waals surface area contributed by atoms with Crippen LogP contribution in [-0.2, 0) is 10.0 Å². The third-order valence-electron chi connectivity index (χ3n) is 8.12. The summed E-state index contributed by atoms with van der Waals surface area (Å²) in [5.41, 5.74) is 1.74. The quantitative estimate of drug-likeness (QED) is 0.444. The molecule has 5 rings (SSSR count). The Hall–Kier alpha value is -3.24. The number of benzene rings is 1. The molecule has 2 saturated carbocycles. The number of nitrogens with zero attached hydrogens (tertiary/aromatic N) is 4. The zero-order valence-electron chi connectivity index (χ0n) is 21.5. The Kier molecular flexibility index (Phi) is 7.28. The van der Waals surface area contributed by atoms with E-state index in [1.54, 1.807) is 6.07 Å². The van der Waals surface area contributed by atoms with Crippen molar-refractivity contribution in [3.05, 3.63) is 35.5 Å². The van der Waals surface area contributed by atoms with E-state index in [0.717, 1.165) is 25.9 Å². The number of rotatable bonds is 8. The van der Waals surface area contributed by atoms with Crippen molar-refractivity contribution in [3.63, 3.8) is 0 Å². The molecule has 3 fully saturated rings. The molecule has 2 aromatic rings. The van der Waals surface area contributed by atoms with Crippen LogP contribution in [0.25, 0.3) is 0 Å². The Labute approximate surface area is 226 Å². The normalized spacial score (nSPS) is 20.4. The number of aromatic nitrogens is 2. The first-order valence-electron chi connectivity index (χ1n) is 13.2.